The summed E-state index contributed by atoms with van der Waals surface area (Å²) in [6, 6.07) is 11.0. The van der Waals surface area contributed by atoms with Crippen LogP contribution in [0, 0.1) is 5.92 Å². The van der Waals surface area contributed by atoms with E-state index >= 15 is 0 Å². The Kier molecular flexibility index (Phi) is 7.26. The number of ketones is 2. The first-order valence-corrected chi connectivity index (χ1v) is 13.2. The van der Waals surface area contributed by atoms with Gasteiger partial charge in [-0.3, -0.25) is 14.7 Å². The van der Waals surface area contributed by atoms with E-state index in [9.17, 15) is 9.59 Å². The van der Waals surface area contributed by atoms with E-state index in [0.717, 1.165) is 37.2 Å². The monoisotopic (exact) mass is 549 g/mol. The second kappa shape index (κ2) is 10.8. The topological polar surface area (TPSA) is 155 Å². The first-order valence-electron chi connectivity index (χ1n) is 13.2. The Morgan fingerprint density at radius 2 is 1.88 bits per heavy atom. The van der Waals surface area contributed by atoms with Gasteiger partial charge in [0, 0.05) is 48.3 Å². The molecule has 7 rings (SSSR count). The SMILES string of the molecule is O=C(c1cc(-c2nc[nH]n2)cc(N2CCCC2)c1)[C@@H]1C(=O)c2cc(-c3nnn[nH]3)ccc2OC12CCNCC2.[NaH]. The number of rotatable bonds is 5. The van der Waals surface area contributed by atoms with Crippen molar-refractivity contribution >= 4 is 46.8 Å². The third-order valence-electron chi connectivity index (χ3n) is 8.02. The number of aromatic amines is 2. The van der Waals surface area contributed by atoms with Crippen LogP contribution in [0.1, 0.15) is 46.4 Å². The zero-order valence-electron chi connectivity index (χ0n) is 21.2. The third-order valence-corrected chi connectivity index (χ3v) is 8.02. The number of tetrazole rings is 1. The van der Waals surface area contributed by atoms with Crippen molar-refractivity contribution in [2.24, 2.45) is 5.92 Å². The number of fused-ring (bicyclic) bond motifs is 1. The van der Waals surface area contributed by atoms with Crippen LogP contribution >= 0.6 is 0 Å². The number of hydrogen-bond donors (Lipinski definition) is 3. The summed E-state index contributed by atoms with van der Waals surface area (Å²) >= 11 is 0. The van der Waals surface area contributed by atoms with E-state index in [4.69, 9.17) is 4.74 Å². The summed E-state index contributed by atoms with van der Waals surface area (Å²) in [6.07, 6.45) is 4.79. The molecular formula is C27H28N9NaO3. The number of benzene rings is 2. The number of carbonyl (C=O) groups excluding carboxylic acids is 2. The molecule has 12 nitrogen and oxygen atoms in total. The van der Waals surface area contributed by atoms with Gasteiger partial charge in [-0.2, -0.15) is 5.10 Å². The fourth-order valence-corrected chi connectivity index (χ4v) is 6.07. The molecule has 0 radical (unpaired) electrons. The Morgan fingerprint density at radius 1 is 1.05 bits per heavy atom. The molecule has 2 fully saturated rings. The number of piperidine rings is 1. The Hall–Kier alpha value is -3.45. The van der Waals surface area contributed by atoms with Gasteiger partial charge in [0.15, 0.2) is 23.2 Å². The Balaban J connectivity index is 0.00000289. The van der Waals surface area contributed by atoms with Crippen LogP contribution in [-0.2, 0) is 0 Å². The van der Waals surface area contributed by atoms with E-state index < -0.39 is 11.5 Å². The quantitative estimate of drug-likeness (QED) is 0.191. The second-order valence-corrected chi connectivity index (χ2v) is 10.3. The number of Topliss-reactive ketones (excluding diaryl/α,β-unsaturated/α-hetero) is 2. The first-order chi connectivity index (χ1) is 19.1. The molecule has 0 amide bonds. The van der Waals surface area contributed by atoms with E-state index in [1.165, 1.54) is 6.33 Å². The molecular weight excluding hydrogens is 521 g/mol. The number of nitrogens with one attached hydrogen (secondary N) is 3. The Bertz CT molecular complexity index is 1530. The molecule has 2 saturated heterocycles. The molecule has 0 saturated carbocycles. The summed E-state index contributed by atoms with van der Waals surface area (Å²) in [5.74, 6) is -0.0762. The normalized spacial score (nSPS) is 19.6. The van der Waals surface area contributed by atoms with E-state index in [1.807, 2.05) is 18.2 Å². The maximum atomic E-state index is 14.5. The molecule has 0 unspecified atom stereocenters. The molecule has 4 aromatic rings. The number of aromatic nitrogens is 7. The van der Waals surface area contributed by atoms with Gasteiger partial charge in [0.25, 0.3) is 0 Å². The van der Waals surface area contributed by atoms with Gasteiger partial charge in [-0.05, 0) is 72.8 Å². The van der Waals surface area contributed by atoms with Crippen molar-refractivity contribution < 1.29 is 14.3 Å². The standard InChI is InChI=1S/C27H27N9O3.Na.H/c37-23(17-11-18(25-29-15-30-31-25)13-19(12-17)36-9-1-2-10-36)22-24(38)20-14-16(26-32-34-35-33-26)3-4-21(20)39-27(22)5-7-28-8-6-27;;/h3-4,11-15,22,28H,1-2,5-10H2,(H,29,30,31)(H,32,33,34,35);;/t22-;;/m1../s1. The van der Waals surface area contributed by atoms with Gasteiger partial charge in [0.2, 0.25) is 0 Å². The number of carbonyl (C=O) groups is 2. The van der Waals surface area contributed by atoms with Crippen molar-refractivity contribution in [3.05, 3.63) is 53.9 Å². The molecule has 13 heteroatoms. The molecule has 1 atom stereocenters. The molecule has 2 aromatic carbocycles. The number of ether oxygens (including phenoxy) is 1. The van der Waals surface area contributed by atoms with Crippen LogP contribution in [0.3, 0.4) is 0 Å². The van der Waals surface area contributed by atoms with Crippen molar-refractivity contribution in [2.75, 3.05) is 31.1 Å². The van der Waals surface area contributed by atoms with Crippen molar-refractivity contribution in [3.63, 3.8) is 0 Å². The summed E-state index contributed by atoms with van der Waals surface area (Å²) < 4.78 is 6.61. The van der Waals surface area contributed by atoms with Crippen molar-refractivity contribution in [1.82, 2.24) is 41.1 Å². The summed E-state index contributed by atoms with van der Waals surface area (Å²) in [5.41, 5.74) is 2.19. The zero-order chi connectivity index (χ0) is 26.4. The van der Waals surface area contributed by atoms with E-state index in [0.29, 0.717) is 60.0 Å². The maximum absolute atomic E-state index is 14.5. The Labute approximate surface area is 252 Å². The molecule has 0 aliphatic carbocycles. The van der Waals surface area contributed by atoms with Gasteiger partial charge < -0.3 is 15.0 Å². The number of anilines is 1. The minimum atomic E-state index is -0.996. The second-order valence-electron chi connectivity index (χ2n) is 10.3. The summed E-state index contributed by atoms with van der Waals surface area (Å²) in [4.78, 5) is 35.3. The third kappa shape index (κ3) is 4.64. The molecule has 3 aliphatic rings. The summed E-state index contributed by atoms with van der Waals surface area (Å²) in [6.45, 7) is 3.15. The average Bonchev–Trinajstić information content (AvgIpc) is 3.77. The van der Waals surface area contributed by atoms with Crippen LogP contribution in [0.5, 0.6) is 5.75 Å². The zero-order valence-corrected chi connectivity index (χ0v) is 21.2. The molecule has 1 spiro atoms. The van der Waals surface area contributed by atoms with Crippen LogP contribution in [-0.4, -0.2) is 109 Å². The van der Waals surface area contributed by atoms with Crippen LogP contribution in [0.4, 0.5) is 5.69 Å². The minimum absolute atomic E-state index is 0. The molecule has 3 N–H and O–H groups in total. The fourth-order valence-electron chi connectivity index (χ4n) is 6.07. The number of H-pyrrole nitrogens is 2. The number of hydrogen-bond acceptors (Lipinski definition) is 10. The molecule has 200 valence electrons. The fraction of sp³-hybridized carbons (Fsp3) is 0.370. The van der Waals surface area contributed by atoms with E-state index in [2.05, 4.69) is 46.0 Å². The predicted octanol–water partition coefficient (Wildman–Crippen LogP) is 1.80. The molecule has 5 heterocycles. The van der Waals surface area contributed by atoms with Gasteiger partial charge >= 0.3 is 29.6 Å². The molecule has 0 bridgehead atoms. The average molecular weight is 550 g/mol. The van der Waals surface area contributed by atoms with Crippen LogP contribution in [0.25, 0.3) is 22.8 Å². The van der Waals surface area contributed by atoms with Crippen LogP contribution in [0.2, 0.25) is 0 Å². The van der Waals surface area contributed by atoms with Gasteiger partial charge in [-0.25, -0.2) is 10.1 Å². The van der Waals surface area contributed by atoms with Crippen molar-refractivity contribution in [1.29, 1.82) is 0 Å². The van der Waals surface area contributed by atoms with E-state index in [-0.39, 0.29) is 41.1 Å². The van der Waals surface area contributed by atoms with E-state index in [1.54, 1.807) is 18.2 Å². The summed E-state index contributed by atoms with van der Waals surface area (Å²) in [5, 5.41) is 24.3. The van der Waals surface area contributed by atoms with Gasteiger partial charge in [-0.1, -0.05) is 0 Å². The Morgan fingerprint density at radius 3 is 2.60 bits per heavy atom. The van der Waals surface area contributed by atoms with Crippen LogP contribution < -0.4 is 15.0 Å². The van der Waals surface area contributed by atoms with Crippen molar-refractivity contribution in [2.45, 2.75) is 31.3 Å². The van der Waals surface area contributed by atoms with Gasteiger partial charge in [0.1, 0.15) is 23.6 Å². The summed E-state index contributed by atoms with van der Waals surface area (Å²) in [7, 11) is 0. The van der Waals surface area contributed by atoms with Crippen LogP contribution in [0.15, 0.2) is 42.7 Å². The van der Waals surface area contributed by atoms with Gasteiger partial charge in [0.05, 0.1) is 5.56 Å². The predicted molar refractivity (Wildman–Crippen MR) is 148 cm³/mol. The van der Waals surface area contributed by atoms with Crippen molar-refractivity contribution in [3.8, 4) is 28.5 Å². The molecule has 3 aliphatic heterocycles. The van der Waals surface area contributed by atoms with Gasteiger partial charge in [-0.15, -0.1) is 5.10 Å². The molecule has 2 aromatic heterocycles. The first kappa shape index (κ1) is 26.8. The molecule has 40 heavy (non-hydrogen) atoms. The number of nitrogens with zero attached hydrogens (tertiary/aromatic N) is 6.